The van der Waals surface area contributed by atoms with Crippen LogP contribution in [0.2, 0.25) is 15.1 Å². The van der Waals surface area contributed by atoms with Crippen molar-refractivity contribution >= 4 is 62.4 Å². The summed E-state index contributed by atoms with van der Waals surface area (Å²) in [6.45, 7) is 3.03. The number of carboxylic acids is 1. The van der Waals surface area contributed by atoms with Gasteiger partial charge in [-0.2, -0.15) is 0 Å². The summed E-state index contributed by atoms with van der Waals surface area (Å²) in [5, 5.41) is 13.7. The van der Waals surface area contributed by atoms with Gasteiger partial charge >= 0.3 is 5.97 Å². The molecule has 0 aromatic heterocycles. The minimum absolute atomic E-state index is 0.0393. The van der Waals surface area contributed by atoms with E-state index in [4.69, 9.17) is 44.3 Å². The molecule has 0 aliphatic heterocycles. The molecule has 0 aliphatic rings. The Bertz CT molecular complexity index is 1140. The number of hydrogen-bond acceptors (Lipinski definition) is 4. The molecule has 0 amide bonds. The third-order valence-electron chi connectivity index (χ3n) is 4.45. The average molecular weight is 560 g/mol. The molecule has 168 valence electrons. The maximum absolute atomic E-state index is 11.3. The standard InChI is InChI=1S/C23H19BrCl3NO4/c1-2-31-21-8-13(11-28-16-5-6-19(26)17(10-16)23(29)30)7-18(24)22(21)32-12-14-3-4-15(25)9-20(14)27/h3-10,28H,2,11-12H2,1H3,(H,29,30). The van der Waals surface area contributed by atoms with Gasteiger partial charge in [0.2, 0.25) is 0 Å². The van der Waals surface area contributed by atoms with Gasteiger partial charge in [0.25, 0.3) is 0 Å². The molecule has 9 heteroatoms. The van der Waals surface area contributed by atoms with Crippen LogP contribution < -0.4 is 14.8 Å². The summed E-state index contributed by atoms with van der Waals surface area (Å²) in [5.41, 5.74) is 2.38. The second kappa shape index (κ2) is 11.1. The summed E-state index contributed by atoms with van der Waals surface area (Å²) in [6, 6.07) is 13.8. The van der Waals surface area contributed by atoms with Crippen LogP contribution >= 0.6 is 50.7 Å². The van der Waals surface area contributed by atoms with Crippen molar-refractivity contribution in [1.82, 2.24) is 0 Å². The highest BCUT2D eigenvalue weighted by molar-refractivity contribution is 9.10. The monoisotopic (exact) mass is 557 g/mol. The summed E-state index contributed by atoms with van der Waals surface area (Å²) in [4.78, 5) is 11.3. The molecule has 0 saturated heterocycles. The fourth-order valence-electron chi connectivity index (χ4n) is 2.92. The largest absolute Gasteiger partial charge is 0.490 e. The molecular weight excluding hydrogens is 541 g/mol. The van der Waals surface area contributed by atoms with E-state index in [1.165, 1.54) is 6.07 Å². The molecule has 0 spiro atoms. The molecule has 0 atom stereocenters. The predicted octanol–water partition coefficient (Wildman–Crippen LogP) is 7.70. The third-order valence-corrected chi connectivity index (χ3v) is 5.96. The van der Waals surface area contributed by atoms with Gasteiger partial charge in [0, 0.05) is 27.8 Å². The number of carbonyl (C=O) groups is 1. The zero-order valence-corrected chi connectivity index (χ0v) is 20.8. The Morgan fingerprint density at radius 2 is 1.81 bits per heavy atom. The van der Waals surface area contributed by atoms with E-state index in [0.717, 1.165) is 11.1 Å². The highest BCUT2D eigenvalue weighted by atomic mass is 79.9. The van der Waals surface area contributed by atoms with Gasteiger partial charge in [-0.25, -0.2) is 4.79 Å². The van der Waals surface area contributed by atoms with E-state index in [1.54, 1.807) is 24.3 Å². The molecule has 3 rings (SSSR count). The number of halogens is 4. The Labute approximate surface area is 209 Å². The Balaban J connectivity index is 1.77. The Hall–Kier alpha value is -2.12. The fraction of sp³-hybridized carbons (Fsp3) is 0.174. The maximum atomic E-state index is 11.3. The number of rotatable bonds is 9. The number of aromatic carboxylic acids is 1. The number of hydrogen-bond donors (Lipinski definition) is 2. The molecule has 5 nitrogen and oxygen atoms in total. The molecule has 0 radical (unpaired) electrons. The molecule has 0 bridgehead atoms. The Kier molecular flexibility index (Phi) is 8.54. The quantitative estimate of drug-likeness (QED) is 0.281. The van der Waals surface area contributed by atoms with Gasteiger partial charge in [-0.1, -0.05) is 40.9 Å². The molecule has 2 N–H and O–H groups in total. The molecular formula is C23H19BrCl3NO4. The predicted molar refractivity (Wildman–Crippen MR) is 132 cm³/mol. The van der Waals surface area contributed by atoms with Crippen molar-refractivity contribution in [3.05, 3.63) is 84.8 Å². The van der Waals surface area contributed by atoms with Crippen molar-refractivity contribution in [2.75, 3.05) is 11.9 Å². The van der Waals surface area contributed by atoms with Crippen LogP contribution in [0.4, 0.5) is 5.69 Å². The van der Waals surface area contributed by atoms with E-state index < -0.39 is 5.97 Å². The summed E-state index contributed by atoms with van der Waals surface area (Å²) in [7, 11) is 0. The van der Waals surface area contributed by atoms with Gasteiger partial charge in [0.1, 0.15) is 6.61 Å². The lowest BCUT2D eigenvalue weighted by Crippen LogP contribution is -2.05. The van der Waals surface area contributed by atoms with Crippen LogP contribution in [-0.2, 0) is 13.2 Å². The number of nitrogens with one attached hydrogen (secondary N) is 1. The van der Waals surface area contributed by atoms with Crippen LogP contribution in [0, 0.1) is 0 Å². The first-order valence-corrected chi connectivity index (χ1v) is 11.5. The molecule has 3 aromatic rings. The van der Waals surface area contributed by atoms with Crippen molar-refractivity contribution in [3.63, 3.8) is 0 Å². The zero-order chi connectivity index (χ0) is 23.3. The molecule has 32 heavy (non-hydrogen) atoms. The molecule has 0 unspecified atom stereocenters. The molecule has 0 saturated carbocycles. The van der Waals surface area contributed by atoms with Crippen LogP contribution in [0.5, 0.6) is 11.5 Å². The Morgan fingerprint density at radius 1 is 1.03 bits per heavy atom. The number of ether oxygens (including phenoxy) is 2. The van der Waals surface area contributed by atoms with Crippen LogP contribution in [0.25, 0.3) is 0 Å². The normalized spacial score (nSPS) is 10.7. The van der Waals surface area contributed by atoms with Gasteiger partial charge in [0.05, 0.1) is 21.7 Å². The summed E-state index contributed by atoms with van der Waals surface area (Å²) < 4.78 is 12.5. The van der Waals surface area contributed by atoms with E-state index >= 15 is 0 Å². The molecule has 3 aromatic carbocycles. The fourth-order valence-corrected chi connectivity index (χ4v) is 4.18. The Morgan fingerprint density at radius 3 is 2.50 bits per heavy atom. The first-order chi connectivity index (χ1) is 15.3. The average Bonchev–Trinajstić information content (AvgIpc) is 2.73. The van der Waals surface area contributed by atoms with E-state index in [0.29, 0.717) is 44.9 Å². The minimum atomic E-state index is -1.08. The SMILES string of the molecule is CCOc1cc(CNc2ccc(Cl)c(C(=O)O)c2)cc(Br)c1OCc1ccc(Cl)cc1Cl. The van der Waals surface area contributed by atoms with Crippen molar-refractivity contribution in [2.45, 2.75) is 20.1 Å². The highest BCUT2D eigenvalue weighted by Crippen LogP contribution is 2.38. The number of carboxylic acid groups (broad SMARTS) is 1. The van der Waals surface area contributed by atoms with Crippen molar-refractivity contribution < 1.29 is 19.4 Å². The topological polar surface area (TPSA) is 67.8 Å². The van der Waals surface area contributed by atoms with Crippen LogP contribution in [0.3, 0.4) is 0 Å². The second-order valence-corrected chi connectivity index (χ2v) is 8.82. The zero-order valence-electron chi connectivity index (χ0n) is 16.9. The van der Waals surface area contributed by atoms with Gasteiger partial charge < -0.3 is 19.9 Å². The second-order valence-electron chi connectivity index (χ2n) is 6.72. The minimum Gasteiger partial charge on any atom is -0.490 e. The lowest BCUT2D eigenvalue weighted by Gasteiger charge is -2.17. The first kappa shape index (κ1) is 24.5. The van der Waals surface area contributed by atoms with Crippen LogP contribution in [0.15, 0.2) is 53.0 Å². The summed E-state index contributed by atoms with van der Waals surface area (Å²) >= 11 is 21.7. The van der Waals surface area contributed by atoms with E-state index in [2.05, 4.69) is 21.2 Å². The van der Waals surface area contributed by atoms with Crippen molar-refractivity contribution in [2.24, 2.45) is 0 Å². The summed E-state index contributed by atoms with van der Waals surface area (Å²) in [6.07, 6.45) is 0. The van der Waals surface area contributed by atoms with Crippen LogP contribution in [-0.4, -0.2) is 17.7 Å². The van der Waals surface area contributed by atoms with Crippen LogP contribution in [0.1, 0.15) is 28.4 Å². The summed E-state index contributed by atoms with van der Waals surface area (Å²) in [5.74, 6) is 0.0506. The highest BCUT2D eigenvalue weighted by Gasteiger charge is 2.14. The first-order valence-electron chi connectivity index (χ1n) is 9.57. The van der Waals surface area contributed by atoms with Gasteiger partial charge in [-0.3, -0.25) is 0 Å². The van der Waals surface area contributed by atoms with Crippen molar-refractivity contribution in [3.8, 4) is 11.5 Å². The molecule has 0 heterocycles. The third kappa shape index (κ3) is 6.23. The lowest BCUT2D eigenvalue weighted by atomic mass is 10.1. The molecule has 0 aliphatic carbocycles. The van der Waals surface area contributed by atoms with Gasteiger partial charge in [0.15, 0.2) is 11.5 Å². The maximum Gasteiger partial charge on any atom is 0.337 e. The van der Waals surface area contributed by atoms with E-state index in [1.807, 2.05) is 25.1 Å². The van der Waals surface area contributed by atoms with Gasteiger partial charge in [-0.05, 0) is 70.9 Å². The number of anilines is 1. The van der Waals surface area contributed by atoms with Crippen molar-refractivity contribution in [1.29, 1.82) is 0 Å². The van der Waals surface area contributed by atoms with E-state index in [9.17, 15) is 9.90 Å². The smallest absolute Gasteiger partial charge is 0.337 e. The molecule has 0 fully saturated rings. The van der Waals surface area contributed by atoms with Gasteiger partial charge in [-0.15, -0.1) is 0 Å². The number of benzene rings is 3. The lowest BCUT2D eigenvalue weighted by molar-refractivity contribution is 0.0697. The van der Waals surface area contributed by atoms with E-state index in [-0.39, 0.29) is 17.2 Å².